The fraction of sp³-hybridized carbons (Fsp3) is 0.333. The van der Waals surface area contributed by atoms with Crippen LogP contribution in [0.1, 0.15) is 13.8 Å². The van der Waals surface area contributed by atoms with Crippen LogP contribution in [0.15, 0.2) is 57.7 Å². The molecule has 1 N–H and O–H groups in total. The highest BCUT2D eigenvalue weighted by Crippen LogP contribution is 2.30. The quantitative estimate of drug-likeness (QED) is 0.678. The van der Waals surface area contributed by atoms with Gasteiger partial charge in [0.2, 0.25) is 17.2 Å². The van der Waals surface area contributed by atoms with Gasteiger partial charge in [0.15, 0.2) is 0 Å². The Bertz CT molecular complexity index is 1130. The number of hydrogen-bond donors (Lipinski definition) is 1. The van der Waals surface area contributed by atoms with Crippen molar-refractivity contribution in [1.29, 1.82) is 0 Å². The first kappa shape index (κ1) is 21.1. The number of methoxy groups -OCH3 is 1. The van der Waals surface area contributed by atoms with Crippen LogP contribution in [0.2, 0.25) is 0 Å². The lowest BCUT2D eigenvalue weighted by molar-refractivity contribution is -0.121. The predicted octanol–water partition coefficient (Wildman–Crippen LogP) is 3.52. The molecule has 162 valence electrons. The number of amides is 1. The Morgan fingerprint density at radius 2 is 1.77 bits per heavy atom. The molecule has 0 saturated carbocycles. The summed E-state index contributed by atoms with van der Waals surface area (Å²) in [6, 6.07) is 14.1. The first-order chi connectivity index (χ1) is 14.9. The molecule has 1 aliphatic heterocycles. The van der Waals surface area contributed by atoms with E-state index in [9.17, 15) is 9.59 Å². The summed E-state index contributed by atoms with van der Waals surface area (Å²) in [5.74, 6) is 0.581. The molecule has 0 aliphatic carbocycles. The van der Waals surface area contributed by atoms with Crippen LogP contribution in [-0.2, 0) is 9.53 Å². The van der Waals surface area contributed by atoms with Gasteiger partial charge >= 0.3 is 0 Å². The number of carbonyl (C=O) groups excluding carboxylic acids is 1. The van der Waals surface area contributed by atoms with Crippen LogP contribution in [0.3, 0.4) is 0 Å². The lowest BCUT2D eigenvalue weighted by Crippen LogP contribution is -2.48. The van der Waals surface area contributed by atoms with Gasteiger partial charge in [-0.05, 0) is 43.7 Å². The van der Waals surface area contributed by atoms with Crippen LogP contribution in [0.5, 0.6) is 5.75 Å². The van der Waals surface area contributed by atoms with Crippen molar-refractivity contribution in [2.24, 2.45) is 0 Å². The minimum Gasteiger partial charge on any atom is -0.497 e. The molecule has 1 aliphatic rings. The third-order valence-electron chi connectivity index (χ3n) is 5.29. The van der Waals surface area contributed by atoms with Crippen molar-refractivity contribution in [1.82, 2.24) is 4.90 Å². The minimum atomic E-state index is -0.241. The molecule has 4 rings (SSSR count). The van der Waals surface area contributed by atoms with Gasteiger partial charge in [0.25, 0.3) is 0 Å². The van der Waals surface area contributed by atoms with E-state index in [-0.39, 0.29) is 36.0 Å². The van der Waals surface area contributed by atoms with Gasteiger partial charge in [-0.25, -0.2) is 0 Å². The van der Waals surface area contributed by atoms with Gasteiger partial charge in [-0.3, -0.25) is 19.8 Å². The highest BCUT2D eigenvalue weighted by Gasteiger charge is 2.25. The van der Waals surface area contributed by atoms with Gasteiger partial charge in [0, 0.05) is 13.1 Å². The summed E-state index contributed by atoms with van der Waals surface area (Å²) in [5.41, 5.74) is 1.19. The van der Waals surface area contributed by atoms with Crippen molar-refractivity contribution in [2.45, 2.75) is 26.1 Å². The summed E-state index contributed by atoms with van der Waals surface area (Å²) in [6.45, 7) is 5.52. The van der Waals surface area contributed by atoms with Crippen molar-refractivity contribution >= 4 is 22.8 Å². The van der Waals surface area contributed by atoms with Gasteiger partial charge in [-0.2, -0.15) is 0 Å². The second-order valence-corrected chi connectivity index (χ2v) is 7.86. The molecule has 2 heterocycles. The normalized spacial score (nSPS) is 19.3. The standard InChI is InChI=1S/C24H26N2O5/c1-15-12-26(13-16(2)30-15)14-21(27)25-24-22(17-8-10-18(29-3)11-9-17)23(28)19-6-4-5-7-20(19)31-24/h4-11,15-16H,12-14H2,1-3H3,(H,25,27)/t15-,16-/m1/s1. The molecule has 3 aromatic rings. The van der Waals surface area contributed by atoms with Gasteiger partial charge in [-0.1, -0.05) is 24.3 Å². The third-order valence-corrected chi connectivity index (χ3v) is 5.29. The first-order valence-corrected chi connectivity index (χ1v) is 10.3. The molecule has 1 saturated heterocycles. The number of hydrogen-bond acceptors (Lipinski definition) is 6. The number of fused-ring (bicyclic) bond motifs is 1. The summed E-state index contributed by atoms with van der Waals surface area (Å²) in [6.07, 6.45) is 0.120. The largest absolute Gasteiger partial charge is 0.497 e. The van der Waals surface area contributed by atoms with Crippen molar-refractivity contribution in [2.75, 3.05) is 32.1 Å². The number of para-hydroxylation sites is 1. The zero-order valence-electron chi connectivity index (χ0n) is 17.9. The van der Waals surface area contributed by atoms with Crippen LogP contribution in [0.4, 0.5) is 5.88 Å². The smallest absolute Gasteiger partial charge is 0.240 e. The Morgan fingerprint density at radius 1 is 1.10 bits per heavy atom. The fourth-order valence-corrected chi connectivity index (χ4v) is 4.03. The van der Waals surface area contributed by atoms with Crippen LogP contribution >= 0.6 is 0 Å². The van der Waals surface area contributed by atoms with E-state index in [0.29, 0.717) is 40.9 Å². The maximum Gasteiger partial charge on any atom is 0.240 e. The van der Waals surface area contributed by atoms with Crippen LogP contribution in [0.25, 0.3) is 22.1 Å². The molecule has 0 bridgehead atoms. The van der Waals surface area contributed by atoms with Crippen molar-refractivity contribution in [3.63, 3.8) is 0 Å². The number of benzene rings is 2. The molecule has 7 heteroatoms. The number of nitrogens with one attached hydrogen (secondary N) is 1. The Hall–Kier alpha value is -3.16. The molecule has 0 unspecified atom stereocenters. The maximum atomic E-state index is 13.3. The topological polar surface area (TPSA) is 81.0 Å². The second-order valence-electron chi connectivity index (χ2n) is 7.86. The van der Waals surface area contributed by atoms with Crippen molar-refractivity contribution in [3.8, 4) is 16.9 Å². The maximum absolute atomic E-state index is 13.3. The van der Waals surface area contributed by atoms with E-state index in [0.717, 1.165) is 0 Å². The van der Waals surface area contributed by atoms with E-state index in [1.807, 2.05) is 18.7 Å². The molecular formula is C24H26N2O5. The SMILES string of the molecule is COc1ccc(-c2c(NC(=O)CN3C[C@@H](C)O[C@H](C)C3)oc3ccccc3c2=O)cc1. The number of anilines is 1. The van der Waals surface area contributed by atoms with Crippen LogP contribution in [0, 0.1) is 0 Å². The Labute approximate surface area is 180 Å². The number of morpholine rings is 1. The fourth-order valence-electron chi connectivity index (χ4n) is 4.03. The van der Waals surface area contributed by atoms with Gasteiger partial charge < -0.3 is 13.9 Å². The molecule has 0 radical (unpaired) electrons. The summed E-state index contributed by atoms with van der Waals surface area (Å²) in [4.78, 5) is 28.2. The van der Waals surface area contributed by atoms with Gasteiger partial charge in [0.05, 0.1) is 36.8 Å². The summed E-state index contributed by atoms with van der Waals surface area (Å²) < 4.78 is 16.9. The monoisotopic (exact) mass is 422 g/mol. The summed E-state index contributed by atoms with van der Waals surface area (Å²) in [5, 5.41) is 3.29. The van der Waals surface area contributed by atoms with E-state index >= 15 is 0 Å². The molecule has 1 fully saturated rings. The Morgan fingerprint density at radius 3 is 2.45 bits per heavy atom. The summed E-state index contributed by atoms with van der Waals surface area (Å²) >= 11 is 0. The zero-order chi connectivity index (χ0) is 22.0. The molecule has 1 amide bonds. The van der Waals surface area contributed by atoms with Crippen molar-refractivity contribution < 1.29 is 18.7 Å². The predicted molar refractivity (Wildman–Crippen MR) is 120 cm³/mol. The molecule has 2 atom stereocenters. The molecule has 1 aromatic heterocycles. The molecule has 31 heavy (non-hydrogen) atoms. The lowest BCUT2D eigenvalue weighted by Gasteiger charge is -2.34. The number of ether oxygens (including phenoxy) is 2. The highest BCUT2D eigenvalue weighted by atomic mass is 16.5. The number of rotatable bonds is 5. The van der Waals surface area contributed by atoms with E-state index < -0.39 is 0 Å². The molecular weight excluding hydrogens is 396 g/mol. The van der Waals surface area contributed by atoms with E-state index in [2.05, 4.69) is 5.32 Å². The zero-order valence-corrected chi connectivity index (χ0v) is 17.9. The average Bonchev–Trinajstić information content (AvgIpc) is 2.73. The highest BCUT2D eigenvalue weighted by molar-refractivity contribution is 5.97. The lowest BCUT2D eigenvalue weighted by atomic mass is 10.0. The van der Waals surface area contributed by atoms with Gasteiger partial charge in [-0.15, -0.1) is 0 Å². The van der Waals surface area contributed by atoms with Gasteiger partial charge in [0.1, 0.15) is 11.3 Å². The number of nitrogens with zero attached hydrogens (tertiary/aromatic N) is 1. The third kappa shape index (κ3) is 4.62. The second kappa shape index (κ2) is 8.91. The Balaban J connectivity index is 1.68. The van der Waals surface area contributed by atoms with Crippen LogP contribution < -0.4 is 15.5 Å². The minimum absolute atomic E-state index is 0.0602. The molecule has 7 nitrogen and oxygen atoms in total. The summed E-state index contributed by atoms with van der Waals surface area (Å²) in [7, 11) is 1.58. The van der Waals surface area contributed by atoms with E-state index in [4.69, 9.17) is 13.9 Å². The van der Waals surface area contributed by atoms with E-state index in [1.54, 1.807) is 55.6 Å². The molecule has 0 spiro atoms. The first-order valence-electron chi connectivity index (χ1n) is 10.3. The Kier molecular flexibility index (Phi) is 6.06. The number of carbonyl (C=O) groups is 1. The van der Waals surface area contributed by atoms with E-state index in [1.165, 1.54) is 0 Å². The van der Waals surface area contributed by atoms with Crippen LogP contribution in [-0.4, -0.2) is 49.8 Å². The molecule has 2 aromatic carbocycles. The average molecular weight is 422 g/mol. The van der Waals surface area contributed by atoms with Crippen molar-refractivity contribution in [3.05, 3.63) is 58.8 Å².